The number of ether oxygens (including phenoxy) is 1. The van der Waals surface area contributed by atoms with E-state index < -0.39 is 17.8 Å². The van der Waals surface area contributed by atoms with Crippen LogP contribution in [0.3, 0.4) is 0 Å². The first-order chi connectivity index (χ1) is 15.3. The van der Waals surface area contributed by atoms with Crippen LogP contribution in [-0.4, -0.2) is 22.1 Å². The smallest absolute Gasteiger partial charge is 0.266 e. The molecule has 1 aliphatic heterocycles. The summed E-state index contributed by atoms with van der Waals surface area (Å²) in [6, 6.07) is 4.04. The first kappa shape index (κ1) is 22.6. The van der Waals surface area contributed by atoms with Crippen molar-refractivity contribution < 1.29 is 17.9 Å². The van der Waals surface area contributed by atoms with Crippen molar-refractivity contribution in [1.82, 2.24) is 15.3 Å². The van der Waals surface area contributed by atoms with E-state index in [-0.39, 0.29) is 23.8 Å². The zero-order valence-corrected chi connectivity index (χ0v) is 18.5. The maximum absolute atomic E-state index is 14.5. The Kier molecular flexibility index (Phi) is 6.42. The molecule has 1 saturated heterocycles. The van der Waals surface area contributed by atoms with E-state index in [2.05, 4.69) is 34.1 Å². The van der Waals surface area contributed by atoms with Crippen LogP contribution < -0.4 is 10.6 Å². The molecule has 172 valence electrons. The Morgan fingerprint density at radius 1 is 1.31 bits per heavy atom. The molecule has 1 aromatic heterocycles. The van der Waals surface area contributed by atoms with E-state index in [0.29, 0.717) is 24.7 Å². The average molecular weight is 447 g/mol. The van der Waals surface area contributed by atoms with Gasteiger partial charge >= 0.3 is 0 Å². The Morgan fingerprint density at radius 2 is 2.09 bits per heavy atom. The summed E-state index contributed by atoms with van der Waals surface area (Å²) in [6.45, 7) is 8.82. The van der Waals surface area contributed by atoms with Crippen molar-refractivity contribution in [3.8, 4) is 0 Å². The van der Waals surface area contributed by atoms with Crippen molar-refractivity contribution in [2.75, 3.05) is 11.9 Å². The first-order valence-corrected chi connectivity index (χ1v) is 11.0. The molecule has 1 atom stereocenters. The Balaban J connectivity index is 1.61. The number of benzene rings is 1. The maximum Gasteiger partial charge on any atom is 0.266 e. The highest BCUT2D eigenvalue weighted by Crippen LogP contribution is 2.38. The highest BCUT2D eigenvalue weighted by molar-refractivity contribution is 5.50. The molecular weight excluding hydrogens is 417 g/mol. The lowest BCUT2D eigenvalue weighted by atomic mass is 10.0. The summed E-state index contributed by atoms with van der Waals surface area (Å²) in [6.07, 6.45) is 1.48. The largest absolute Gasteiger partial charge is 0.383 e. The van der Waals surface area contributed by atoms with Gasteiger partial charge in [0.2, 0.25) is 0 Å². The van der Waals surface area contributed by atoms with Gasteiger partial charge in [0.15, 0.2) is 0 Å². The minimum absolute atomic E-state index is 0.0271. The number of rotatable bonds is 9. The number of aromatic nitrogens is 2. The maximum atomic E-state index is 14.5. The predicted octanol–water partition coefficient (Wildman–Crippen LogP) is 5.52. The second kappa shape index (κ2) is 9.10. The fraction of sp³-hybridized carbons (Fsp3) is 0.500. The Bertz CT molecular complexity index is 1000. The Morgan fingerprint density at radius 3 is 2.75 bits per heavy atom. The summed E-state index contributed by atoms with van der Waals surface area (Å²) in [5.74, 6) is 0.220. The van der Waals surface area contributed by atoms with Gasteiger partial charge in [0, 0.05) is 41.9 Å². The van der Waals surface area contributed by atoms with Gasteiger partial charge in [0.05, 0.1) is 17.4 Å². The third kappa shape index (κ3) is 5.06. The van der Waals surface area contributed by atoms with Gasteiger partial charge in [-0.3, -0.25) is 0 Å². The van der Waals surface area contributed by atoms with Crippen molar-refractivity contribution in [3.05, 3.63) is 64.5 Å². The molecule has 1 aromatic carbocycles. The monoisotopic (exact) mass is 446 g/mol. The number of nitrogens with zero attached hydrogens (tertiary/aromatic N) is 2. The molecule has 2 heterocycles. The van der Waals surface area contributed by atoms with Gasteiger partial charge in [-0.15, -0.1) is 0 Å². The van der Waals surface area contributed by atoms with Crippen LogP contribution in [0.25, 0.3) is 0 Å². The quantitative estimate of drug-likeness (QED) is 0.531. The van der Waals surface area contributed by atoms with Crippen LogP contribution in [0.1, 0.15) is 73.3 Å². The highest BCUT2D eigenvalue weighted by atomic mass is 19.3. The molecule has 2 aromatic rings. The third-order valence-corrected chi connectivity index (χ3v) is 6.04. The van der Waals surface area contributed by atoms with Crippen LogP contribution in [0.4, 0.5) is 19.0 Å². The first-order valence-electron chi connectivity index (χ1n) is 11.0. The van der Waals surface area contributed by atoms with Gasteiger partial charge < -0.3 is 15.4 Å². The van der Waals surface area contributed by atoms with E-state index in [1.807, 2.05) is 0 Å². The second-order valence-corrected chi connectivity index (χ2v) is 8.92. The number of hydrogen-bond acceptors (Lipinski definition) is 5. The molecule has 8 heteroatoms. The molecule has 1 unspecified atom stereocenters. The summed E-state index contributed by atoms with van der Waals surface area (Å²) in [4.78, 5) is 9.23. The van der Waals surface area contributed by atoms with Crippen LogP contribution in [0, 0.1) is 12.7 Å². The van der Waals surface area contributed by atoms with Crippen LogP contribution in [0.5, 0.6) is 0 Å². The molecule has 5 nitrogen and oxygen atoms in total. The van der Waals surface area contributed by atoms with Crippen molar-refractivity contribution in [1.29, 1.82) is 0 Å². The molecule has 0 bridgehead atoms. The number of aryl methyl sites for hydroxylation is 1. The number of hydrogen-bond donors (Lipinski definition) is 2. The van der Waals surface area contributed by atoms with Crippen molar-refractivity contribution in [2.45, 2.75) is 70.6 Å². The van der Waals surface area contributed by atoms with E-state index in [4.69, 9.17) is 4.74 Å². The van der Waals surface area contributed by atoms with Gasteiger partial charge in [-0.25, -0.2) is 23.1 Å². The number of alkyl halides is 2. The number of anilines is 1. The lowest BCUT2D eigenvalue weighted by Gasteiger charge is -2.22. The van der Waals surface area contributed by atoms with Crippen molar-refractivity contribution in [3.63, 3.8) is 0 Å². The van der Waals surface area contributed by atoms with Crippen molar-refractivity contribution >= 4 is 5.82 Å². The minimum atomic E-state index is -2.86. The van der Waals surface area contributed by atoms with Gasteiger partial charge in [-0.05, 0) is 39.5 Å². The molecule has 0 radical (unpaired) electrons. The topological polar surface area (TPSA) is 59.1 Å². The summed E-state index contributed by atoms with van der Waals surface area (Å²) < 4.78 is 46.6. The fourth-order valence-corrected chi connectivity index (χ4v) is 4.12. The molecule has 2 aliphatic rings. The number of halogens is 3. The summed E-state index contributed by atoms with van der Waals surface area (Å²) >= 11 is 0. The van der Waals surface area contributed by atoms with Crippen LogP contribution >= 0.6 is 0 Å². The zero-order chi connectivity index (χ0) is 22.9. The van der Waals surface area contributed by atoms with Gasteiger partial charge in [0.1, 0.15) is 17.5 Å². The van der Waals surface area contributed by atoms with Crippen molar-refractivity contribution in [2.24, 2.45) is 0 Å². The number of nitrogens with one attached hydrogen (secondary N) is 2. The van der Waals surface area contributed by atoms with E-state index in [1.165, 1.54) is 12.1 Å². The van der Waals surface area contributed by atoms with Gasteiger partial charge in [-0.1, -0.05) is 24.8 Å². The van der Waals surface area contributed by atoms with Crippen LogP contribution in [0.15, 0.2) is 30.5 Å². The van der Waals surface area contributed by atoms with Crippen LogP contribution in [-0.2, 0) is 17.7 Å². The molecule has 2 N–H and O–H groups in total. The average Bonchev–Trinajstić information content (AvgIpc) is 3.21. The highest BCUT2D eigenvalue weighted by Gasteiger charge is 2.37. The molecular formula is C24H29F3N4O. The van der Waals surface area contributed by atoms with E-state index >= 15 is 0 Å². The van der Waals surface area contributed by atoms with Crippen LogP contribution in [0.2, 0.25) is 0 Å². The normalized spacial score (nSPS) is 19.2. The Hall–Kier alpha value is -2.61. The fourth-order valence-electron chi connectivity index (χ4n) is 4.12. The molecule has 1 aliphatic carbocycles. The molecule has 32 heavy (non-hydrogen) atoms. The van der Waals surface area contributed by atoms with E-state index in [9.17, 15) is 13.2 Å². The predicted molar refractivity (Wildman–Crippen MR) is 117 cm³/mol. The lowest BCUT2D eigenvalue weighted by molar-refractivity contribution is 0.111. The molecule has 2 fully saturated rings. The summed E-state index contributed by atoms with van der Waals surface area (Å²) in [7, 11) is 0. The standard InChI is InChI=1S/C24H29F3N4O/c1-14(31-24(3)9-10-24)12-18-20(19-8-5-11-32-19)23(30-15(2)29-18)28-13-16-6-4-7-17(21(16)25)22(26)27/h4,6-7,19,22,31H,1,5,8-13H2,2-3H3,(H,28,29,30). The van der Waals surface area contributed by atoms with E-state index in [1.54, 1.807) is 6.92 Å². The molecule has 4 rings (SSSR count). The zero-order valence-electron chi connectivity index (χ0n) is 18.5. The van der Waals surface area contributed by atoms with Gasteiger partial charge in [0.25, 0.3) is 6.43 Å². The molecule has 0 amide bonds. The van der Waals surface area contributed by atoms with Gasteiger partial charge in [-0.2, -0.15) is 0 Å². The summed E-state index contributed by atoms with van der Waals surface area (Å²) in [5.41, 5.74) is 2.20. The SMILES string of the molecule is C=C(Cc1nc(C)nc(NCc2cccc(C(F)F)c2F)c1C1CCCO1)NC1(C)CC1. The number of allylic oxidation sites excluding steroid dienone is 1. The molecule has 0 spiro atoms. The van der Waals surface area contributed by atoms with E-state index in [0.717, 1.165) is 48.7 Å². The lowest BCUT2D eigenvalue weighted by Crippen LogP contribution is -2.28. The summed E-state index contributed by atoms with van der Waals surface area (Å²) in [5, 5.41) is 6.64. The Labute approximate surface area is 186 Å². The molecule has 1 saturated carbocycles. The third-order valence-electron chi connectivity index (χ3n) is 6.04. The minimum Gasteiger partial charge on any atom is -0.383 e. The second-order valence-electron chi connectivity index (χ2n) is 8.92.